The minimum Gasteiger partial charge on any atom is -0.465 e. The fraction of sp³-hybridized carbons (Fsp3) is 0.538. The van der Waals surface area contributed by atoms with E-state index in [0.717, 1.165) is 12.4 Å². The molecule has 1 heterocycles. The molecule has 0 aliphatic heterocycles. The van der Waals surface area contributed by atoms with Gasteiger partial charge in [-0.2, -0.15) is 0 Å². The molecule has 0 bridgehead atoms. The molecule has 1 rings (SSSR count). The molecule has 0 unspecified atom stereocenters. The van der Waals surface area contributed by atoms with Crippen LogP contribution in [0.4, 0.5) is 5.82 Å². The molecule has 1 atom stereocenters. The van der Waals surface area contributed by atoms with Gasteiger partial charge in [-0.25, -0.2) is 4.98 Å². The first-order valence-electron chi connectivity index (χ1n) is 6.51. The topological polar surface area (TPSA) is 122 Å². The van der Waals surface area contributed by atoms with E-state index in [1.54, 1.807) is 27.7 Å². The summed E-state index contributed by atoms with van der Waals surface area (Å²) in [7, 11) is 0. The molecule has 1 aromatic heterocycles. The fourth-order valence-electron chi connectivity index (χ4n) is 1.50. The molecule has 0 aromatic carbocycles. The Hall–Kier alpha value is -2.58. The minimum absolute atomic E-state index is 0.0680. The fourth-order valence-corrected chi connectivity index (χ4v) is 1.50. The molecule has 0 fully saturated rings. The first-order chi connectivity index (χ1) is 10.2. The van der Waals surface area contributed by atoms with Gasteiger partial charge in [0.15, 0.2) is 12.1 Å². The molecule has 1 aromatic rings. The van der Waals surface area contributed by atoms with Crippen molar-refractivity contribution in [3.8, 4) is 0 Å². The monoisotopic (exact) mass is 311 g/mol. The van der Waals surface area contributed by atoms with Gasteiger partial charge in [0.05, 0.1) is 6.61 Å². The van der Waals surface area contributed by atoms with Gasteiger partial charge in [0.1, 0.15) is 17.5 Å². The molecule has 0 saturated carbocycles. The first-order valence-corrected chi connectivity index (χ1v) is 6.51. The third kappa shape index (κ3) is 4.76. The first kappa shape index (κ1) is 17.5. The van der Waals surface area contributed by atoms with Crippen molar-refractivity contribution in [3.05, 3.63) is 28.2 Å². The highest BCUT2D eigenvalue weighted by Gasteiger charge is 2.36. The smallest absolute Gasteiger partial charge is 0.381 e. The van der Waals surface area contributed by atoms with Crippen LogP contribution in [0, 0.1) is 10.1 Å². The quantitative estimate of drug-likeness (QED) is 0.346. The molecule has 0 aliphatic carbocycles. The summed E-state index contributed by atoms with van der Waals surface area (Å²) in [5, 5.41) is 10.6. The number of nitrogens with zero attached hydrogens (tertiary/aromatic N) is 3. The van der Waals surface area contributed by atoms with Crippen molar-refractivity contribution in [3.63, 3.8) is 0 Å². The lowest BCUT2D eigenvalue weighted by molar-refractivity contribution is -0.389. The largest absolute Gasteiger partial charge is 0.465 e. The second-order valence-corrected chi connectivity index (χ2v) is 5.28. The summed E-state index contributed by atoms with van der Waals surface area (Å²) in [5.41, 5.74) is -0.881. The summed E-state index contributed by atoms with van der Waals surface area (Å²) >= 11 is 0. The van der Waals surface area contributed by atoms with Gasteiger partial charge in [-0.1, -0.05) is 0 Å². The van der Waals surface area contributed by atoms with Crippen LogP contribution in [0.1, 0.15) is 39.3 Å². The van der Waals surface area contributed by atoms with Gasteiger partial charge in [0, 0.05) is 0 Å². The third-order valence-electron chi connectivity index (χ3n) is 2.31. The lowest BCUT2D eigenvalue weighted by atomic mass is 10.1. The van der Waals surface area contributed by atoms with E-state index in [0.29, 0.717) is 0 Å². The average Bonchev–Trinajstić information content (AvgIpc) is 2.37. The average molecular weight is 311 g/mol. The van der Waals surface area contributed by atoms with Gasteiger partial charge < -0.3 is 19.6 Å². The maximum Gasteiger partial charge on any atom is 0.381 e. The van der Waals surface area contributed by atoms with Crippen LogP contribution in [0.15, 0.2) is 12.4 Å². The normalized spacial score (nSPS) is 12.4. The van der Waals surface area contributed by atoms with E-state index in [9.17, 15) is 19.7 Å². The second kappa shape index (κ2) is 6.92. The molecule has 0 radical (unpaired) electrons. The summed E-state index contributed by atoms with van der Waals surface area (Å²) in [5.74, 6) is -3.63. The molecular formula is C13H17N3O6. The lowest BCUT2D eigenvalue weighted by Crippen LogP contribution is -2.33. The maximum absolute atomic E-state index is 12.2. The van der Waals surface area contributed by atoms with Crippen molar-refractivity contribution in [1.29, 1.82) is 0 Å². The van der Waals surface area contributed by atoms with Gasteiger partial charge >= 0.3 is 17.8 Å². The van der Waals surface area contributed by atoms with Crippen LogP contribution in [0.2, 0.25) is 0 Å². The van der Waals surface area contributed by atoms with Crippen molar-refractivity contribution < 1.29 is 24.0 Å². The van der Waals surface area contributed by atoms with Crippen molar-refractivity contribution >= 4 is 17.8 Å². The van der Waals surface area contributed by atoms with Crippen molar-refractivity contribution in [2.45, 2.75) is 39.2 Å². The number of hydrogen-bond acceptors (Lipinski definition) is 8. The molecule has 22 heavy (non-hydrogen) atoms. The third-order valence-corrected chi connectivity index (χ3v) is 2.31. The zero-order valence-electron chi connectivity index (χ0n) is 12.7. The van der Waals surface area contributed by atoms with Crippen molar-refractivity contribution in [1.82, 2.24) is 9.97 Å². The lowest BCUT2D eigenvalue weighted by Gasteiger charge is -2.22. The molecular weight excluding hydrogens is 294 g/mol. The zero-order chi connectivity index (χ0) is 16.9. The number of rotatable bonds is 5. The highest BCUT2D eigenvalue weighted by Crippen LogP contribution is 2.21. The van der Waals surface area contributed by atoms with E-state index < -0.39 is 34.2 Å². The molecule has 0 aliphatic rings. The Morgan fingerprint density at radius 3 is 2.32 bits per heavy atom. The molecule has 0 saturated heterocycles. The van der Waals surface area contributed by atoms with Gasteiger partial charge in [-0.05, 0) is 37.6 Å². The zero-order valence-corrected chi connectivity index (χ0v) is 12.7. The molecule has 120 valence electrons. The van der Waals surface area contributed by atoms with Crippen molar-refractivity contribution in [2.75, 3.05) is 6.61 Å². The number of carbonyl (C=O) groups is 2. The molecule has 0 spiro atoms. The maximum atomic E-state index is 12.2. The van der Waals surface area contributed by atoms with Crippen LogP contribution in [-0.2, 0) is 19.1 Å². The van der Waals surface area contributed by atoms with Crippen molar-refractivity contribution in [2.24, 2.45) is 0 Å². The van der Waals surface area contributed by atoms with Crippen LogP contribution in [0.3, 0.4) is 0 Å². The number of esters is 2. The number of nitro groups is 1. The SMILES string of the molecule is CCOC(=O)[C@@H](C(=O)OC(C)(C)C)c1cnc([N+](=O)[O-])cn1. The summed E-state index contributed by atoms with van der Waals surface area (Å²) < 4.78 is 9.99. The Bertz CT molecular complexity index is 564. The Kier molecular flexibility index (Phi) is 5.50. The summed E-state index contributed by atoms with van der Waals surface area (Å²) in [6.07, 6.45) is 1.86. The Morgan fingerprint density at radius 1 is 1.27 bits per heavy atom. The number of carbonyl (C=O) groups excluding carboxylic acids is 2. The van der Waals surface area contributed by atoms with Crippen LogP contribution in [0.25, 0.3) is 0 Å². The molecule has 9 heteroatoms. The van der Waals surface area contributed by atoms with E-state index in [1.165, 1.54) is 0 Å². The molecule has 9 nitrogen and oxygen atoms in total. The van der Waals surface area contributed by atoms with Crippen LogP contribution < -0.4 is 0 Å². The number of aromatic nitrogens is 2. The van der Waals surface area contributed by atoms with E-state index in [1.807, 2.05) is 0 Å². The van der Waals surface area contributed by atoms with Gasteiger partial charge in [0.25, 0.3) is 0 Å². The summed E-state index contributed by atoms with van der Waals surface area (Å²) in [4.78, 5) is 41.3. The minimum atomic E-state index is -1.44. The summed E-state index contributed by atoms with van der Waals surface area (Å²) in [6, 6.07) is 0. The standard InChI is InChI=1S/C13H17N3O6/c1-5-21-11(17)10(12(18)22-13(2,3)4)8-6-15-9(7-14-8)16(19)20/h6-7,10H,5H2,1-4H3/t10-/m0/s1. The number of ether oxygens (including phenoxy) is 2. The Labute approximate surface area is 126 Å². The van der Waals surface area contributed by atoms with E-state index >= 15 is 0 Å². The van der Waals surface area contributed by atoms with E-state index in [-0.39, 0.29) is 12.3 Å². The van der Waals surface area contributed by atoms with Crippen LogP contribution in [0.5, 0.6) is 0 Å². The van der Waals surface area contributed by atoms with E-state index in [2.05, 4.69) is 9.97 Å². The van der Waals surface area contributed by atoms with Crippen LogP contribution in [-0.4, -0.2) is 39.0 Å². The molecule has 0 N–H and O–H groups in total. The van der Waals surface area contributed by atoms with Gasteiger partial charge in [-0.3, -0.25) is 9.59 Å². The second-order valence-electron chi connectivity index (χ2n) is 5.28. The van der Waals surface area contributed by atoms with Gasteiger partial charge in [0.2, 0.25) is 0 Å². The predicted octanol–water partition coefficient (Wildman–Crippen LogP) is 1.37. The number of hydrogen-bond donors (Lipinski definition) is 0. The highest BCUT2D eigenvalue weighted by atomic mass is 16.6. The molecule has 0 amide bonds. The Morgan fingerprint density at radius 2 is 1.91 bits per heavy atom. The summed E-state index contributed by atoms with van der Waals surface area (Å²) in [6.45, 7) is 6.60. The van der Waals surface area contributed by atoms with Gasteiger partial charge in [-0.15, -0.1) is 0 Å². The highest BCUT2D eigenvalue weighted by molar-refractivity contribution is 6.00. The predicted molar refractivity (Wildman–Crippen MR) is 73.9 cm³/mol. The van der Waals surface area contributed by atoms with E-state index in [4.69, 9.17) is 9.47 Å². The van der Waals surface area contributed by atoms with Crippen LogP contribution >= 0.6 is 0 Å². The Balaban J connectivity index is 3.12.